The standard InChI is InChI=1S/C10H17ClN2O2S2/c1-6(2)7(3)5-12-17(14,15)9-8(4)13-10(11)16-9/h6-7,12H,5H2,1-4H3. The lowest BCUT2D eigenvalue weighted by Crippen LogP contribution is -2.30. The van der Waals surface area contributed by atoms with E-state index in [0.717, 1.165) is 11.3 Å². The van der Waals surface area contributed by atoms with E-state index in [4.69, 9.17) is 11.6 Å². The number of hydrogen-bond acceptors (Lipinski definition) is 4. The van der Waals surface area contributed by atoms with Gasteiger partial charge in [-0.3, -0.25) is 0 Å². The van der Waals surface area contributed by atoms with E-state index in [1.165, 1.54) is 0 Å². The molecule has 1 heterocycles. The van der Waals surface area contributed by atoms with Gasteiger partial charge in [0.1, 0.15) is 0 Å². The maximum atomic E-state index is 12.0. The van der Waals surface area contributed by atoms with Crippen molar-refractivity contribution in [3.05, 3.63) is 10.2 Å². The minimum atomic E-state index is -3.48. The van der Waals surface area contributed by atoms with E-state index in [1.807, 2.05) is 6.92 Å². The number of thiazole rings is 1. The van der Waals surface area contributed by atoms with E-state index in [1.54, 1.807) is 6.92 Å². The summed E-state index contributed by atoms with van der Waals surface area (Å²) in [6, 6.07) is 0. The number of nitrogens with one attached hydrogen (secondary N) is 1. The van der Waals surface area contributed by atoms with Crippen LogP contribution in [0.4, 0.5) is 0 Å². The van der Waals surface area contributed by atoms with Crippen molar-refractivity contribution in [2.75, 3.05) is 6.54 Å². The first-order valence-electron chi connectivity index (χ1n) is 5.36. The first-order valence-corrected chi connectivity index (χ1v) is 8.04. The van der Waals surface area contributed by atoms with E-state index in [-0.39, 0.29) is 14.6 Å². The van der Waals surface area contributed by atoms with Crippen LogP contribution in [0.1, 0.15) is 26.5 Å². The van der Waals surface area contributed by atoms with Gasteiger partial charge < -0.3 is 0 Å². The second-order valence-corrected chi connectivity index (χ2v) is 7.96. The summed E-state index contributed by atoms with van der Waals surface area (Å²) in [5.41, 5.74) is 0.449. The molecule has 0 fully saturated rings. The van der Waals surface area contributed by atoms with Crippen molar-refractivity contribution in [2.24, 2.45) is 11.8 Å². The highest BCUT2D eigenvalue weighted by Crippen LogP contribution is 2.26. The highest BCUT2D eigenvalue weighted by Gasteiger charge is 2.22. The number of aryl methyl sites for hydroxylation is 1. The topological polar surface area (TPSA) is 59.1 Å². The molecule has 1 aromatic rings. The van der Waals surface area contributed by atoms with E-state index < -0.39 is 10.0 Å². The fourth-order valence-electron chi connectivity index (χ4n) is 1.14. The molecular formula is C10H17ClN2O2S2. The van der Waals surface area contributed by atoms with Gasteiger partial charge in [0.2, 0.25) is 0 Å². The average Bonchev–Trinajstić information content (AvgIpc) is 2.55. The van der Waals surface area contributed by atoms with E-state index in [2.05, 4.69) is 23.6 Å². The normalized spacial score (nSPS) is 14.2. The van der Waals surface area contributed by atoms with Gasteiger partial charge in [-0.15, -0.1) is 0 Å². The third-order valence-corrected chi connectivity index (χ3v) is 6.00. The van der Waals surface area contributed by atoms with Gasteiger partial charge in [0.25, 0.3) is 10.0 Å². The average molecular weight is 297 g/mol. The summed E-state index contributed by atoms with van der Waals surface area (Å²) in [5, 5.41) is 0. The van der Waals surface area contributed by atoms with Crippen LogP contribution in [-0.2, 0) is 10.0 Å². The van der Waals surface area contributed by atoms with E-state index in [9.17, 15) is 8.42 Å². The number of rotatable bonds is 5. The third-order valence-electron chi connectivity index (χ3n) is 2.71. The van der Waals surface area contributed by atoms with Crippen molar-refractivity contribution in [2.45, 2.75) is 31.9 Å². The molecule has 1 unspecified atom stereocenters. The molecule has 0 bridgehead atoms. The summed E-state index contributed by atoms with van der Waals surface area (Å²) in [6.45, 7) is 8.21. The summed E-state index contributed by atoms with van der Waals surface area (Å²) in [5.74, 6) is 0.720. The quantitative estimate of drug-likeness (QED) is 0.909. The van der Waals surface area contributed by atoms with E-state index >= 15 is 0 Å². The molecule has 0 saturated carbocycles. The zero-order valence-electron chi connectivity index (χ0n) is 10.3. The summed E-state index contributed by atoms with van der Waals surface area (Å²) in [7, 11) is -3.48. The van der Waals surface area contributed by atoms with Crippen LogP contribution in [0.5, 0.6) is 0 Å². The Morgan fingerprint density at radius 1 is 1.41 bits per heavy atom. The van der Waals surface area contributed by atoms with Gasteiger partial charge in [-0.05, 0) is 18.8 Å². The Bertz CT molecular complexity index is 482. The second kappa shape index (κ2) is 5.65. The first-order chi connectivity index (χ1) is 7.74. The highest BCUT2D eigenvalue weighted by molar-refractivity contribution is 7.91. The Balaban J connectivity index is 2.80. The van der Waals surface area contributed by atoms with Gasteiger partial charge >= 0.3 is 0 Å². The smallest absolute Gasteiger partial charge is 0.229 e. The van der Waals surface area contributed by atoms with Crippen LogP contribution in [0.3, 0.4) is 0 Å². The van der Waals surface area contributed by atoms with Gasteiger partial charge in [-0.2, -0.15) is 0 Å². The molecule has 17 heavy (non-hydrogen) atoms. The van der Waals surface area contributed by atoms with E-state index in [0.29, 0.717) is 18.2 Å². The maximum absolute atomic E-state index is 12.0. The SMILES string of the molecule is Cc1nc(Cl)sc1S(=O)(=O)NCC(C)C(C)C. The number of nitrogens with zero attached hydrogens (tertiary/aromatic N) is 1. The van der Waals surface area contributed by atoms with Crippen LogP contribution in [0.25, 0.3) is 0 Å². The molecule has 4 nitrogen and oxygen atoms in total. The predicted octanol–water partition coefficient (Wildman–Crippen LogP) is 2.68. The molecule has 1 N–H and O–H groups in total. The Kier molecular flexibility index (Phi) is 4.95. The van der Waals surface area contributed by atoms with Gasteiger partial charge in [0, 0.05) is 6.54 Å². The Morgan fingerprint density at radius 3 is 2.41 bits per heavy atom. The molecule has 0 aliphatic rings. The molecule has 0 radical (unpaired) electrons. The largest absolute Gasteiger partial charge is 0.251 e. The lowest BCUT2D eigenvalue weighted by Gasteiger charge is -2.15. The summed E-state index contributed by atoms with van der Waals surface area (Å²) < 4.78 is 27.0. The Hall–Kier alpha value is -0.170. The summed E-state index contributed by atoms with van der Waals surface area (Å²) in [6.07, 6.45) is 0. The summed E-state index contributed by atoms with van der Waals surface area (Å²) >= 11 is 6.69. The number of halogens is 1. The monoisotopic (exact) mass is 296 g/mol. The van der Waals surface area contributed by atoms with Crippen LogP contribution in [0.2, 0.25) is 4.47 Å². The molecule has 0 aliphatic carbocycles. The molecule has 7 heteroatoms. The zero-order chi connectivity index (χ0) is 13.2. The molecule has 1 rings (SSSR count). The molecule has 0 amide bonds. The van der Waals surface area contributed by atoms with Gasteiger partial charge in [0.15, 0.2) is 8.68 Å². The van der Waals surface area contributed by atoms with Crippen molar-refractivity contribution < 1.29 is 8.42 Å². The predicted molar refractivity (Wildman–Crippen MR) is 71.1 cm³/mol. The van der Waals surface area contributed by atoms with Crippen molar-refractivity contribution in [1.82, 2.24) is 9.71 Å². The van der Waals surface area contributed by atoms with Crippen molar-refractivity contribution in [1.29, 1.82) is 0 Å². The first kappa shape index (κ1) is 14.9. The number of hydrogen-bond donors (Lipinski definition) is 1. The van der Waals surface area contributed by atoms with Crippen molar-refractivity contribution in [3.63, 3.8) is 0 Å². The molecule has 98 valence electrons. The maximum Gasteiger partial charge on any atom is 0.251 e. The third kappa shape index (κ3) is 3.91. The number of sulfonamides is 1. The zero-order valence-corrected chi connectivity index (χ0v) is 12.7. The minimum Gasteiger partial charge on any atom is -0.229 e. The van der Waals surface area contributed by atoms with Crippen LogP contribution >= 0.6 is 22.9 Å². The van der Waals surface area contributed by atoms with Crippen LogP contribution < -0.4 is 4.72 Å². The fourth-order valence-corrected chi connectivity index (χ4v) is 4.07. The van der Waals surface area contributed by atoms with Crippen LogP contribution in [0, 0.1) is 18.8 Å². The Labute approximate surface area is 111 Å². The van der Waals surface area contributed by atoms with Crippen molar-refractivity contribution >= 4 is 33.0 Å². The molecule has 0 saturated heterocycles. The van der Waals surface area contributed by atoms with Crippen molar-refractivity contribution in [3.8, 4) is 0 Å². The number of aromatic nitrogens is 1. The lowest BCUT2D eigenvalue weighted by molar-refractivity contribution is 0.415. The second-order valence-electron chi connectivity index (χ2n) is 4.41. The lowest BCUT2D eigenvalue weighted by atomic mass is 9.99. The molecule has 0 spiro atoms. The fraction of sp³-hybridized carbons (Fsp3) is 0.700. The molecule has 0 aromatic carbocycles. The highest BCUT2D eigenvalue weighted by atomic mass is 35.5. The summed E-state index contributed by atoms with van der Waals surface area (Å²) in [4.78, 5) is 3.90. The Morgan fingerprint density at radius 2 is 2.00 bits per heavy atom. The van der Waals surface area contributed by atoms with Gasteiger partial charge in [-0.1, -0.05) is 43.7 Å². The van der Waals surface area contributed by atoms with Gasteiger partial charge in [-0.25, -0.2) is 18.1 Å². The molecule has 1 aromatic heterocycles. The molecule has 1 atom stereocenters. The molecular weight excluding hydrogens is 280 g/mol. The minimum absolute atomic E-state index is 0.207. The van der Waals surface area contributed by atoms with Crippen LogP contribution in [0.15, 0.2) is 4.21 Å². The van der Waals surface area contributed by atoms with Crippen LogP contribution in [-0.4, -0.2) is 19.9 Å². The molecule has 0 aliphatic heterocycles. The van der Waals surface area contributed by atoms with Gasteiger partial charge in [0.05, 0.1) is 5.69 Å².